The molecule has 0 aliphatic carbocycles. The average molecular weight is 266 g/mol. The van der Waals surface area contributed by atoms with E-state index in [-0.39, 0.29) is 18.1 Å². The SMILES string of the molecule is Nc1nc(N2CCCC(CCO)C2)ccc1[N+](=O)[O-]. The van der Waals surface area contributed by atoms with Crippen LogP contribution in [0.4, 0.5) is 17.3 Å². The molecule has 104 valence electrons. The smallest absolute Gasteiger partial charge is 0.311 e. The van der Waals surface area contributed by atoms with Crippen LogP contribution in [-0.2, 0) is 0 Å². The summed E-state index contributed by atoms with van der Waals surface area (Å²) in [4.78, 5) is 16.3. The highest BCUT2D eigenvalue weighted by molar-refractivity contribution is 5.58. The monoisotopic (exact) mass is 266 g/mol. The van der Waals surface area contributed by atoms with Crippen LogP contribution in [-0.4, -0.2) is 34.7 Å². The third-order valence-electron chi connectivity index (χ3n) is 3.46. The second-order valence-corrected chi connectivity index (χ2v) is 4.80. The molecule has 1 saturated heterocycles. The van der Waals surface area contributed by atoms with Crippen molar-refractivity contribution in [2.75, 3.05) is 30.3 Å². The van der Waals surface area contributed by atoms with Crippen LogP contribution in [0.15, 0.2) is 12.1 Å². The van der Waals surface area contributed by atoms with Gasteiger partial charge in [0.25, 0.3) is 0 Å². The number of hydrogen-bond acceptors (Lipinski definition) is 6. The summed E-state index contributed by atoms with van der Waals surface area (Å²) in [7, 11) is 0. The van der Waals surface area contributed by atoms with Crippen LogP contribution in [0, 0.1) is 16.0 Å². The quantitative estimate of drug-likeness (QED) is 0.626. The van der Waals surface area contributed by atoms with Crippen molar-refractivity contribution in [2.24, 2.45) is 5.92 Å². The van der Waals surface area contributed by atoms with Gasteiger partial charge in [-0.3, -0.25) is 10.1 Å². The van der Waals surface area contributed by atoms with E-state index >= 15 is 0 Å². The largest absolute Gasteiger partial charge is 0.396 e. The molecule has 3 N–H and O–H groups in total. The second-order valence-electron chi connectivity index (χ2n) is 4.80. The lowest BCUT2D eigenvalue weighted by Gasteiger charge is -2.33. The third-order valence-corrected chi connectivity index (χ3v) is 3.46. The molecule has 1 fully saturated rings. The van der Waals surface area contributed by atoms with Gasteiger partial charge in [0.1, 0.15) is 5.82 Å². The Morgan fingerprint density at radius 2 is 2.37 bits per heavy atom. The van der Waals surface area contributed by atoms with Crippen molar-refractivity contribution in [3.63, 3.8) is 0 Å². The molecule has 0 saturated carbocycles. The highest BCUT2D eigenvalue weighted by atomic mass is 16.6. The zero-order chi connectivity index (χ0) is 13.8. The first-order chi connectivity index (χ1) is 9.11. The van der Waals surface area contributed by atoms with E-state index in [0.717, 1.165) is 32.4 Å². The number of rotatable bonds is 4. The van der Waals surface area contributed by atoms with Crippen molar-refractivity contribution in [1.82, 2.24) is 4.98 Å². The first kappa shape index (κ1) is 13.5. The number of aliphatic hydroxyl groups is 1. The molecule has 0 spiro atoms. The van der Waals surface area contributed by atoms with Crippen LogP contribution in [0.3, 0.4) is 0 Å². The van der Waals surface area contributed by atoms with Gasteiger partial charge in [-0.25, -0.2) is 4.98 Å². The minimum Gasteiger partial charge on any atom is -0.396 e. The van der Waals surface area contributed by atoms with Crippen LogP contribution in [0.5, 0.6) is 0 Å². The topological polar surface area (TPSA) is 106 Å². The molecule has 1 aliphatic heterocycles. The van der Waals surface area contributed by atoms with E-state index < -0.39 is 4.92 Å². The number of piperidine rings is 1. The number of nitro groups is 1. The van der Waals surface area contributed by atoms with E-state index in [9.17, 15) is 10.1 Å². The maximum atomic E-state index is 10.7. The number of nitrogen functional groups attached to an aromatic ring is 1. The zero-order valence-electron chi connectivity index (χ0n) is 10.7. The molecule has 0 bridgehead atoms. The van der Waals surface area contributed by atoms with E-state index in [4.69, 9.17) is 10.8 Å². The fraction of sp³-hybridized carbons (Fsp3) is 0.583. The molecular formula is C12H18N4O3. The Kier molecular flexibility index (Phi) is 4.16. The summed E-state index contributed by atoms with van der Waals surface area (Å²) >= 11 is 0. The van der Waals surface area contributed by atoms with Crippen LogP contribution >= 0.6 is 0 Å². The number of aliphatic hydroxyl groups excluding tert-OH is 1. The normalized spacial score (nSPS) is 19.4. The fourth-order valence-electron chi connectivity index (χ4n) is 2.48. The van der Waals surface area contributed by atoms with Crippen molar-refractivity contribution < 1.29 is 10.0 Å². The Bertz CT molecular complexity index is 464. The number of pyridine rings is 1. The zero-order valence-corrected chi connectivity index (χ0v) is 10.7. The molecule has 19 heavy (non-hydrogen) atoms. The molecule has 1 atom stereocenters. The highest BCUT2D eigenvalue weighted by Gasteiger charge is 2.22. The van der Waals surface area contributed by atoms with Crippen molar-refractivity contribution in [3.8, 4) is 0 Å². The molecule has 2 rings (SSSR count). The van der Waals surface area contributed by atoms with Gasteiger partial charge in [0.05, 0.1) is 4.92 Å². The van der Waals surface area contributed by atoms with Crippen LogP contribution in [0.25, 0.3) is 0 Å². The Labute approximate surface area is 111 Å². The van der Waals surface area contributed by atoms with Crippen molar-refractivity contribution in [3.05, 3.63) is 22.2 Å². The van der Waals surface area contributed by atoms with E-state index in [1.807, 2.05) is 0 Å². The Hall–Kier alpha value is -1.89. The van der Waals surface area contributed by atoms with E-state index in [1.54, 1.807) is 6.07 Å². The fourth-order valence-corrected chi connectivity index (χ4v) is 2.48. The molecule has 0 radical (unpaired) electrons. The summed E-state index contributed by atoms with van der Waals surface area (Å²) in [6.45, 7) is 1.87. The predicted molar refractivity (Wildman–Crippen MR) is 71.9 cm³/mol. The van der Waals surface area contributed by atoms with Crippen LogP contribution in [0.2, 0.25) is 0 Å². The molecule has 7 heteroatoms. The molecule has 1 aliphatic rings. The summed E-state index contributed by atoms with van der Waals surface area (Å²) in [5.74, 6) is 1.06. The molecular weight excluding hydrogens is 248 g/mol. The molecule has 1 aromatic rings. The maximum Gasteiger partial charge on any atom is 0.311 e. The summed E-state index contributed by atoms with van der Waals surface area (Å²) in [6, 6.07) is 3.03. The number of hydrogen-bond donors (Lipinski definition) is 2. The van der Waals surface area contributed by atoms with Crippen LogP contribution in [0.1, 0.15) is 19.3 Å². The van der Waals surface area contributed by atoms with E-state index in [1.165, 1.54) is 6.07 Å². The van der Waals surface area contributed by atoms with Gasteiger partial charge >= 0.3 is 5.69 Å². The van der Waals surface area contributed by atoms with E-state index in [0.29, 0.717) is 11.7 Å². The molecule has 2 heterocycles. The Morgan fingerprint density at radius 3 is 3.00 bits per heavy atom. The van der Waals surface area contributed by atoms with Gasteiger partial charge in [0.2, 0.25) is 5.82 Å². The molecule has 0 amide bonds. The van der Waals surface area contributed by atoms with Gasteiger partial charge in [-0.2, -0.15) is 0 Å². The average Bonchev–Trinajstić information content (AvgIpc) is 2.39. The summed E-state index contributed by atoms with van der Waals surface area (Å²) < 4.78 is 0. The van der Waals surface area contributed by atoms with Crippen molar-refractivity contribution >= 4 is 17.3 Å². The first-order valence-corrected chi connectivity index (χ1v) is 6.38. The van der Waals surface area contributed by atoms with Crippen molar-refractivity contribution in [1.29, 1.82) is 0 Å². The van der Waals surface area contributed by atoms with Gasteiger partial charge in [-0.05, 0) is 31.2 Å². The minimum absolute atomic E-state index is 0.0493. The van der Waals surface area contributed by atoms with Gasteiger partial charge in [-0.15, -0.1) is 0 Å². The predicted octanol–water partition coefficient (Wildman–Crippen LogP) is 1.17. The minimum atomic E-state index is -0.531. The molecule has 7 nitrogen and oxygen atoms in total. The lowest BCUT2D eigenvalue weighted by Crippen LogP contribution is -2.36. The Balaban J connectivity index is 2.13. The second kappa shape index (κ2) is 5.83. The maximum absolute atomic E-state index is 10.7. The molecule has 1 unspecified atom stereocenters. The lowest BCUT2D eigenvalue weighted by molar-refractivity contribution is -0.384. The summed E-state index contributed by atoms with van der Waals surface area (Å²) in [5, 5.41) is 19.7. The summed E-state index contributed by atoms with van der Waals surface area (Å²) in [5.41, 5.74) is 5.44. The number of nitrogens with zero attached hydrogens (tertiary/aromatic N) is 3. The number of anilines is 2. The lowest BCUT2D eigenvalue weighted by atomic mass is 9.95. The first-order valence-electron chi connectivity index (χ1n) is 6.38. The molecule has 1 aromatic heterocycles. The number of aromatic nitrogens is 1. The van der Waals surface area contributed by atoms with Gasteiger partial charge in [-0.1, -0.05) is 0 Å². The summed E-state index contributed by atoms with van der Waals surface area (Å²) in [6.07, 6.45) is 2.90. The highest BCUT2D eigenvalue weighted by Crippen LogP contribution is 2.27. The third kappa shape index (κ3) is 3.11. The Morgan fingerprint density at radius 1 is 1.58 bits per heavy atom. The van der Waals surface area contributed by atoms with Crippen LogP contribution < -0.4 is 10.6 Å². The van der Waals surface area contributed by atoms with Gasteiger partial charge < -0.3 is 15.7 Å². The van der Waals surface area contributed by atoms with Crippen molar-refractivity contribution in [2.45, 2.75) is 19.3 Å². The van der Waals surface area contributed by atoms with Gasteiger partial charge in [0, 0.05) is 25.8 Å². The number of nitrogens with two attached hydrogens (primary N) is 1. The standard InChI is InChI=1S/C12H18N4O3/c13-12-10(16(18)19)3-4-11(14-12)15-6-1-2-9(8-15)5-7-17/h3-4,9,17H,1-2,5-8H2,(H2,13,14). The van der Waals surface area contributed by atoms with E-state index in [2.05, 4.69) is 9.88 Å². The van der Waals surface area contributed by atoms with Gasteiger partial charge in [0.15, 0.2) is 0 Å². The molecule has 0 aromatic carbocycles.